The smallest absolute Gasteiger partial charge is 0.171 e. The zero-order valence-corrected chi connectivity index (χ0v) is 8.45. The van der Waals surface area contributed by atoms with Crippen molar-refractivity contribution >= 4 is 5.78 Å². The molecule has 0 spiro atoms. The van der Waals surface area contributed by atoms with Crippen LogP contribution in [0.3, 0.4) is 0 Å². The zero-order chi connectivity index (χ0) is 9.84. The van der Waals surface area contributed by atoms with Gasteiger partial charge in [-0.25, -0.2) is 4.57 Å². The van der Waals surface area contributed by atoms with Crippen LogP contribution in [-0.4, -0.2) is 5.78 Å². The normalized spacial score (nSPS) is 12.5. The van der Waals surface area contributed by atoms with Gasteiger partial charge in [-0.3, -0.25) is 4.79 Å². The Morgan fingerprint density at radius 1 is 1.62 bits per heavy atom. The molecule has 0 N–H and O–H groups in total. The second kappa shape index (κ2) is 4.17. The molecule has 0 aliphatic rings. The standard InChI is InChI=1S/C11H16NO/c1-9(10(2)13)7-11-5-4-6-12(3)8-11/h4-6,8-9H,7H2,1-3H3/q+1. The first-order valence-electron chi connectivity index (χ1n) is 4.54. The lowest BCUT2D eigenvalue weighted by molar-refractivity contribution is -0.671. The first-order valence-corrected chi connectivity index (χ1v) is 4.54. The summed E-state index contributed by atoms with van der Waals surface area (Å²) in [4.78, 5) is 11.0. The van der Waals surface area contributed by atoms with Gasteiger partial charge in [-0.1, -0.05) is 6.92 Å². The summed E-state index contributed by atoms with van der Waals surface area (Å²) in [6.45, 7) is 3.61. The van der Waals surface area contributed by atoms with Crippen LogP contribution in [0, 0.1) is 5.92 Å². The number of carbonyl (C=O) groups excluding carboxylic acids is 1. The van der Waals surface area contributed by atoms with Gasteiger partial charge < -0.3 is 0 Å². The van der Waals surface area contributed by atoms with Crippen LogP contribution in [0.2, 0.25) is 0 Å². The third-order valence-corrected chi connectivity index (χ3v) is 2.24. The number of aromatic nitrogens is 1. The number of Topliss-reactive ketones (excluding diaryl/α,β-unsaturated/α-hetero) is 1. The summed E-state index contributed by atoms with van der Waals surface area (Å²) < 4.78 is 2.00. The highest BCUT2D eigenvalue weighted by Crippen LogP contribution is 2.06. The third-order valence-electron chi connectivity index (χ3n) is 2.24. The average molecular weight is 178 g/mol. The molecule has 1 aromatic heterocycles. The van der Waals surface area contributed by atoms with Gasteiger partial charge in [0.05, 0.1) is 0 Å². The number of hydrogen-bond acceptors (Lipinski definition) is 1. The van der Waals surface area contributed by atoms with E-state index in [-0.39, 0.29) is 11.7 Å². The van der Waals surface area contributed by atoms with Crippen LogP contribution < -0.4 is 4.57 Å². The summed E-state index contributed by atoms with van der Waals surface area (Å²) >= 11 is 0. The van der Waals surface area contributed by atoms with Crippen molar-refractivity contribution in [1.82, 2.24) is 0 Å². The van der Waals surface area contributed by atoms with Gasteiger partial charge in [-0.15, -0.1) is 0 Å². The molecule has 0 aliphatic carbocycles. The molecule has 70 valence electrons. The minimum absolute atomic E-state index is 0.127. The van der Waals surface area contributed by atoms with Crippen LogP contribution >= 0.6 is 0 Å². The Morgan fingerprint density at radius 3 is 2.85 bits per heavy atom. The van der Waals surface area contributed by atoms with E-state index in [0.29, 0.717) is 0 Å². The van der Waals surface area contributed by atoms with E-state index >= 15 is 0 Å². The molecule has 13 heavy (non-hydrogen) atoms. The quantitative estimate of drug-likeness (QED) is 0.639. The summed E-state index contributed by atoms with van der Waals surface area (Å²) in [6.07, 6.45) is 4.88. The van der Waals surface area contributed by atoms with E-state index in [0.717, 1.165) is 6.42 Å². The molecule has 0 amide bonds. The maximum absolute atomic E-state index is 11.0. The molecule has 0 fully saturated rings. The predicted octanol–water partition coefficient (Wildman–Crippen LogP) is 1.28. The van der Waals surface area contributed by atoms with Gasteiger partial charge in [-0.2, -0.15) is 0 Å². The number of pyridine rings is 1. The molecule has 0 saturated carbocycles. The molecule has 1 unspecified atom stereocenters. The van der Waals surface area contributed by atoms with Crippen molar-refractivity contribution in [2.24, 2.45) is 13.0 Å². The molecule has 1 rings (SSSR count). The Hall–Kier alpha value is -1.18. The van der Waals surface area contributed by atoms with Crippen LogP contribution in [-0.2, 0) is 18.3 Å². The maximum atomic E-state index is 11.0. The highest BCUT2D eigenvalue weighted by atomic mass is 16.1. The predicted molar refractivity (Wildman–Crippen MR) is 51.2 cm³/mol. The average Bonchev–Trinajstić information content (AvgIpc) is 2.04. The number of aryl methyl sites for hydroxylation is 1. The van der Waals surface area contributed by atoms with E-state index in [9.17, 15) is 4.79 Å². The van der Waals surface area contributed by atoms with Gasteiger partial charge in [0, 0.05) is 17.5 Å². The van der Waals surface area contributed by atoms with Crippen LogP contribution in [0.1, 0.15) is 19.4 Å². The second-order valence-corrected chi connectivity index (χ2v) is 3.59. The van der Waals surface area contributed by atoms with E-state index in [1.165, 1.54) is 5.56 Å². The van der Waals surface area contributed by atoms with Crippen molar-refractivity contribution < 1.29 is 9.36 Å². The topological polar surface area (TPSA) is 20.9 Å². The molecule has 0 aliphatic heterocycles. The Balaban J connectivity index is 2.69. The van der Waals surface area contributed by atoms with Crippen molar-refractivity contribution in [3.8, 4) is 0 Å². The van der Waals surface area contributed by atoms with Crippen molar-refractivity contribution in [3.05, 3.63) is 30.1 Å². The maximum Gasteiger partial charge on any atom is 0.171 e. The van der Waals surface area contributed by atoms with E-state index in [4.69, 9.17) is 0 Å². The monoisotopic (exact) mass is 178 g/mol. The number of carbonyl (C=O) groups is 1. The van der Waals surface area contributed by atoms with Gasteiger partial charge in [-0.05, 0) is 19.4 Å². The molecule has 0 radical (unpaired) electrons. The molecular formula is C11H16NO+. The van der Waals surface area contributed by atoms with Gasteiger partial charge in [0.1, 0.15) is 12.8 Å². The summed E-state index contributed by atoms with van der Waals surface area (Å²) in [7, 11) is 1.99. The van der Waals surface area contributed by atoms with E-state index in [1.54, 1.807) is 6.92 Å². The van der Waals surface area contributed by atoms with Crippen molar-refractivity contribution in [3.63, 3.8) is 0 Å². The highest BCUT2D eigenvalue weighted by Gasteiger charge is 2.09. The van der Waals surface area contributed by atoms with E-state index in [1.807, 2.05) is 30.8 Å². The van der Waals surface area contributed by atoms with Gasteiger partial charge in [0.2, 0.25) is 0 Å². The molecule has 2 nitrogen and oxygen atoms in total. The molecular weight excluding hydrogens is 162 g/mol. The molecule has 1 heterocycles. The minimum Gasteiger partial charge on any atom is -0.300 e. The summed E-state index contributed by atoms with van der Waals surface area (Å²) in [6, 6.07) is 4.06. The first-order chi connectivity index (χ1) is 6.09. The van der Waals surface area contributed by atoms with Crippen LogP contribution in [0.25, 0.3) is 0 Å². The minimum atomic E-state index is 0.127. The highest BCUT2D eigenvalue weighted by molar-refractivity contribution is 5.78. The number of rotatable bonds is 3. The Bertz CT molecular complexity index is 307. The van der Waals surface area contributed by atoms with Crippen molar-refractivity contribution in [2.45, 2.75) is 20.3 Å². The van der Waals surface area contributed by atoms with Crippen LogP contribution in [0.15, 0.2) is 24.5 Å². The zero-order valence-electron chi connectivity index (χ0n) is 8.45. The SMILES string of the molecule is CC(=O)C(C)Cc1ccc[n+](C)c1. The number of hydrogen-bond donors (Lipinski definition) is 0. The molecule has 1 atom stereocenters. The van der Waals surface area contributed by atoms with Crippen molar-refractivity contribution in [2.75, 3.05) is 0 Å². The van der Waals surface area contributed by atoms with Crippen molar-refractivity contribution in [1.29, 1.82) is 0 Å². The lowest BCUT2D eigenvalue weighted by atomic mass is 9.99. The first kappa shape index (κ1) is 9.90. The van der Waals surface area contributed by atoms with Gasteiger partial charge in [0.15, 0.2) is 12.4 Å². The van der Waals surface area contributed by atoms with Crippen LogP contribution in [0.5, 0.6) is 0 Å². The molecule has 1 aromatic rings. The Kier molecular flexibility index (Phi) is 3.18. The molecule has 2 heteroatoms. The van der Waals surface area contributed by atoms with E-state index in [2.05, 4.69) is 12.3 Å². The van der Waals surface area contributed by atoms with Gasteiger partial charge >= 0.3 is 0 Å². The lowest BCUT2D eigenvalue weighted by Gasteiger charge is -2.05. The fourth-order valence-corrected chi connectivity index (χ4v) is 1.27. The fourth-order valence-electron chi connectivity index (χ4n) is 1.27. The second-order valence-electron chi connectivity index (χ2n) is 3.59. The van der Waals surface area contributed by atoms with E-state index < -0.39 is 0 Å². The number of nitrogens with zero attached hydrogens (tertiary/aromatic N) is 1. The van der Waals surface area contributed by atoms with Gasteiger partial charge in [0.25, 0.3) is 0 Å². The third kappa shape index (κ3) is 2.98. The fraction of sp³-hybridized carbons (Fsp3) is 0.455. The summed E-state index contributed by atoms with van der Waals surface area (Å²) in [5, 5.41) is 0. The molecule has 0 bridgehead atoms. The summed E-state index contributed by atoms with van der Waals surface area (Å²) in [5.41, 5.74) is 1.22. The Morgan fingerprint density at radius 2 is 2.31 bits per heavy atom. The molecule has 0 aromatic carbocycles. The largest absolute Gasteiger partial charge is 0.300 e. The molecule has 0 saturated heterocycles. The Labute approximate surface area is 79.2 Å². The lowest BCUT2D eigenvalue weighted by Crippen LogP contribution is -2.27. The summed E-state index contributed by atoms with van der Waals surface area (Å²) in [5.74, 6) is 0.383. The number of ketones is 1. The van der Waals surface area contributed by atoms with Crippen LogP contribution in [0.4, 0.5) is 0 Å².